The second-order valence-electron chi connectivity index (χ2n) is 7.89. The Morgan fingerprint density at radius 3 is 1.93 bits per heavy atom. The smallest absolute Gasteiger partial charge is 0.328 e. The molecule has 5 nitrogen and oxygen atoms in total. The van der Waals surface area contributed by atoms with Crippen molar-refractivity contribution in [3.8, 4) is 5.75 Å². The zero-order chi connectivity index (χ0) is 20.5. The molecule has 3 amide bonds. The number of rotatable bonds is 6. The molecule has 0 bridgehead atoms. The average molecular weight is 397 g/mol. The van der Waals surface area contributed by atoms with Gasteiger partial charge in [-0.25, -0.2) is 4.79 Å². The Hall–Kier alpha value is -2.60. The van der Waals surface area contributed by atoms with Crippen molar-refractivity contribution in [3.05, 3.63) is 65.7 Å². The van der Waals surface area contributed by atoms with E-state index >= 15 is 0 Å². The zero-order valence-electron chi connectivity index (χ0n) is 17.2. The van der Waals surface area contributed by atoms with Crippen LogP contribution < -0.4 is 4.43 Å². The number of benzene rings is 2. The largest absolute Gasteiger partial charge is 0.544 e. The van der Waals surface area contributed by atoms with E-state index in [1.807, 2.05) is 68.4 Å². The van der Waals surface area contributed by atoms with E-state index in [-0.39, 0.29) is 11.9 Å². The highest BCUT2D eigenvalue weighted by molar-refractivity contribution is 6.70. The van der Waals surface area contributed by atoms with Crippen LogP contribution in [0.4, 0.5) is 4.79 Å². The summed E-state index contributed by atoms with van der Waals surface area (Å²) in [6.07, 6.45) is 0. The number of carbonyl (C=O) groups excluding carboxylic acids is 2. The van der Waals surface area contributed by atoms with Crippen molar-refractivity contribution in [3.63, 3.8) is 0 Å². The number of urea groups is 1. The van der Waals surface area contributed by atoms with Crippen LogP contribution in [0.15, 0.2) is 54.6 Å². The lowest BCUT2D eigenvalue weighted by molar-refractivity contribution is -0.131. The van der Waals surface area contributed by atoms with Crippen LogP contribution in [-0.4, -0.2) is 43.1 Å². The van der Waals surface area contributed by atoms with Gasteiger partial charge in [0.05, 0.1) is 0 Å². The van der Waals surface area contributed by atoms with Gasteiger partial charge in [0.25, 0.3) is 5.91 Å². The van der Waals surface area contributed by atoms with E-state index in [2.05, 4.69) is 19.6 Å². The summed E-state index contributed by atoms with van der Waals surface area (Å²) in [5.74, 6) is 0.588. The molecular weight excluding hydrogens is 368 g/mol. The maximum Gasteiger partial charge on any atom is 0.328 e. The lowest BCUT2D eigenvalue weighted by Gasteiger charge is -2.35. The van der Waals surface area contributed by atoms with E-state index < -0.39 is 13.9 Å². The van der Waals surface area contributed by atoms with Crippen molar-refractivity contribution >= 4 is 20.3 Å². The monoisotopic (exact) mass is 396 g/mol. The second-order valence-corrected chi connectivity index (χ2v) is 12.3. The molecule has 0 aliphatic carbocycles. The molecule has 0 aromatic heterocycles. The molecule has 2 aromatic carbocycles. The van der Waals surface area contributed by atoms with Crippen LogP contribution in [0.25, 0.3) is 0 Å². The van der Waals surface area contributed by atoms with E-state index in [1.165, 1.54) is 4.90 Å². The lowest BCUT2D eigenvalue weighted by Crippen LogP contribution is -2.47. The summed E-state index contributed by atoms with van der Waals surface area (Å²) in [5.41, 5.74) is 0.420. The van der Waals surface area contributed by atoms with E-state index in [0.29, 0.717) is 13.1 Å². The number of likely N-dealkylation sites (N-methyl/N-ethyl adjacent to an activating group) is 2. The van der Waals surface area contributed by atoms with Crippen molar-refractivity contribution in [1.29, 1.82) is 0 Å². The molecule has 6 heteroatoms. The first-order valence-corrected chi connectivity index (χ1v) is 13.1. The van der Waals surface area contributed by atoms with Crippen molar-refractivity contribution in [1.82, 2.24) is 9.80 Å². The lowest BCUT2D eigenvalue weighted by atomic mass is 9.81. The molecule has 1 aliphatic rings. The molecule has 28 heavy (non-hydrogen) atoms. The molecule has 1 heterocycles. The molecular formula is C22H28N2O3Si. The van der Waals surface area contributed by atoms with Gasteiger partial charge in [0.15, 0.2) is 5.54 Å². The highest BCUT2D eigenvalue weighted by Gasteiger charge is 2.58. The normalized spacial score (nSPS) is 20.0. The number of nitrogens with zero attached hydrogens (tertiary/aromatic N) is 2. The fraction of sp³-hybridized carbons (Fsp3) is 0.364. The third-order valence-corrected chi connectivity index (χ3v) is 5.79. The van der Waals surface area contributed by atoms with E-state index in [0.717, 1.165) is 16.9 Å². The van der Waals surface area contributed by atoms with Gasteiger partial charge in [-0.1, -0.05) is 42.5 Å². The van der Waals surface area contributed by atoms with E-state index in [1.54, 1.807) is 4.90 Å². The number of amides is 3. The minimum Gasteiger partial charge on any atom is -0.544 e. The molecule has 1 saturated heterocycles. The zero-order valence-corrected chi connectivity index (χ0v) is 18.2. The fourth-order valence-corrected chi connectivity index (χ4v) is 4.70. The van der Waals surface area contributed by atoms with Crippen LogP contribution in [-0.2, 0) is 10.3 Å². The molecule has 0 spiro atoms. The molecule has 0 saturated carbocycles. The minimum absolute atomic E-state index is 0.202. The van der Waals surface area contributed by atoms with Crippen LogP contribution in [0, 0.1) is 0 Å². The Labute approximate surface area is 168 Å². The molecule has 3 rings (SSSR count). The Bertz CT molecular complexity index is 862. The highest BCUT2D eigenvalue weighted by Crippen LogP contribution is 2.43. The maximum atomic E-state index is 13.6. The number of carbonyl (C=O) groups is 2. The van der Waals surface area contributed by atoms with Crippen molar-refractivity contribution < 1.29 is 14.0 Å². The van der Waals surface area contributed by atoms with Gasteiger partial charge < -0.3 is 9.33 Å². The summed E-state index contributed by atoms with van der Waals surface area (Å²) in [7, 11) is -1.73. The summed E-state index contributed by atoms with van der Waals surface area (Å²) in [6, 6.07) is 16.9. The predicted molar refractivity (Wildman–Crippen MR) is 113 cm³/mol. The van der Waals surface area contributed by atoms with Crippen LogP contribution in [0.2, 0.25) is 19.6 Å². The molecule has 2 aromatic rings. The maximum absolute atomic E-state index is 13.6. The van der Waals surface area contributed by atoms with Crippen LogP contribution in [0.5, 0.6) is 5.75 Å². The standard InChI is InChI=1S/C22H28N2O3Si/c1-6-23-20(25)22(24(7-2)21(23)26,17-11-9-8-10-12-17)18-13-15-19(16-14-18)27-28(3,4)5/h8-16H,6-7H2,1-5H3. The fourth-order valence-electron chi connectivity index (χ4n) is 3.86. The SMILES string of the molecule is CCN1C(=O)N(CC)C(c2ccccc2)(c2ccc(O[Si](C)(C)C)cc2)C1=O. The Morgan fingerprint density at radius 2 is 1.43 bits per heavy atom. The Morgan fingerprint density at radius 1 is 0.857 bits per heavy atom. The van der Waals surface area contributed by atoms with Gasteiger partial charge in [0.1, 0.15) is 5.75 Å². The number of hydrogen-bond donors (Lipinski definition) is 0. The molecule has 1 fully saturated rings. The van der Waals surface area contributed by atoms with Crippen molar-refractivity contribution in [2.24, 2.45) is 0 Å². The summed E-state index contributed by atoms with van der Waals surface area (Å²) in [4.78, 5) is 29.6. The topological polar surface area (TPSA) is 49.9 Å². The number of imide groups is 1. The molecule has 148 valence electrons. The predicted octanol–water partition coefficient (Wildman–Crippen LogP) is 4.45. The molecule has 1 atom stereocenters. The van der Waals surface area contributed by atoms with Gasteiger partial charge in [-0.05, 0) is 56.7 Å². The summed E-state index contributed by atoms with van der Waals surface area (Å²) in [5, 5.41) is 0. The molecule has 1 unspecified atom stereocenters. The van der Waals surface area contributed by atoms with Gasteiger partial charge in [-0.3, -0.25) is 9.69 Å². The van der Waals surface area contributed by atoms with Gasteiger partial charge >= 0.3 is 6.03 Å². The second kappa shape index (κ2) is 7.43. The molecule has 1 aliphatic heterocycles. The first kappa shape index (κ1) is 20.1. The van der Waals surface area contributed by atoms with Gasteiger partial charge in [-0.15, -0.1) is 0 Å². The minimum atomic E-state index is -1.73. The summed E-state index contributed by atoms with van der Waals surface area (Å²) >= 11 is 0. The van der Waals surface area contributed by atoms with Gasteiger partial charge in [0.2, 0.25) is 8.32 Å². The Balaban J connectivity index is 2.19. The summed E-state index contributed by atoms with van der Waals surface area (Å²) < 4.78 is 6.06. The van der Waals surface area contributed by atoms with E-state index in [9.17, 15) is 9.59 Å². The van der Waals surface area contributed by atoms with Crippen LogP contribution >= 0.6 is 0 Å². The van der Waals surface area contributed by atoms with Crippen LogP contribution in [0.1, 0.15) is 25.0 Å². The number of hydrogen-bond acceptors (Lipinski definition) is 3. The molecule has 0 N–H and O–H groups in total. The van der Waals surface area contributed by atoms with Crippen molar-refractivity contribution in [2.75, 3.05) is 13.1 Å². The van der Waals surface area contributed by atoms with Gasteiger partial charge in [0, 0.05) is 13.1 Å². The first-order valence-electron chi connectivity index (χ1n) is 9.74. The average Bonchev–Trinajstić information content (AvgIpc) is 2.88. The van der Waals surface area contributed by atoms with Crippen molar-refractivity contribution in [2.45, 2.75) is 39.0 Å². The molecule has 0 radical (unpaired) electrons. The first-order chi connectivity index (χ1) is 13.3. The highest BCUT2D eigenvalue weighted by atomic mass is 28.4. The van der Waals surface area contributed by atoms with E-state index in [4.69, 9.17) is 4.43 Å². The third kappa shape index (κ3) is 3.22. The van der Waals surface area contributed by atoms with Crippen LogP contribution in [0.3, 0.4) is 0 Å². The Kier molecular flexibility index (Phi) is 5.34. The quantitative estimate of drug-likeness (QED) is 0.535. The third-order valence-electron chi connectivity index (χ3n) is 4.94. The summed E-state index contributed by atoms with van der Waals surface area (Å²) in [6.45, 7) is 10.9. The van der Waals surface area contributed by atoms with Gasteiger partial charge in [-0.2, -0.15) is 0 Å².